The summed E-state index contributed by atoms with van der Waals surface area (Å²) >= 11 is 4.88. The molecule has 0 aromatic heterocycles. The van der Waals surface area contributed by atoms with Crippen molar-refractivity contribution in [2.45, 2.75) is 33.6 Å². The second-order valence-electron chi connectivity index (χ2n) is 5.87. The second-order valence-corrected chi connectivity index (χ2v) is 8.50. The maximum atomic E-state index is 2.48. The van der Waals surface area contributed by atoms with E-state index in [0.717, 1.165) is 5.92 Å². The smallest absolute Gasteiger partial charge is 0.00842 e. The minimum absolute atomic E-state index is 0.437. The van der Waals surface area contributed by atoms with Crippen LogP contribution in [0.4, 0.5) is 0 Å². The molecular formula is C16H20I2. The number of hydrogen-bond acceptors (Lipinski definition) is 0. The highest BCUT2D eigenvalue weighted by atomic mass is 127. The molecule has 0 nitrogen and oxygen atoms in total. The van der Waals surface area contributed by atoms with Crippen LogP contribution in [0.5, 0.6) is 0 Å². The lowest BCUT2D eigenvalue weighted by atomic mass is 9.77. The van der Waals surface area contributed by atoms with E-state index in [9.17, 15) is 0 Å². The molecule has 0 heterocycles. The Balaban J connectivity index is 2.26. The first-order chi connectivity index (χ1) is 8.44. The molecule has 2 atom stereocenters. The van der Waals surface area contributed by atoms with Crippen LogP contribution in [-0.2, 0) is 0 Å². The van der Waals surface area contributed by atoms with E-state index >= 15 is 0 Å². The van der Waals surface area contributed by atoms with Gasteiger partial charge in [-0.1, -0.05) is 49.8 Å². The average molecular weight is 466 g/mol. The van der Waals surface area contributed by atoms with E-state index in [4.69, 9.17) is 0 Å². The minimum atomic E-state index is 0.437. The van der Waals surface area contributed by atoms with Crippen molar-refractivity contribution >= 4 is 45.2 Å². The number of halogens is 2. The maximum absolute atomic E-state index is 2.48. The van der Waals surface area contributed by atoms with Gasteiger partial charge in [-0.3, -0.25) is 0 Å². The van der Waals surface area contributed by atoms with E-state index in [-0.39, 0.29) is 0 Å². The molecule has 0 N–H and O–H groups in total. The fraction of sp³-hybridized carbons (Fsp3) is 0.500. The Kier molecular flexibility index (Phi) is 4.79. The Morgan fingerprint density at radius 1 is 1.39 bits per heavy atom. The summed E-state index contributed by atoms with van der Waals surface area (Å²) in [6.45, 7) is 6.95. The topological polar surface area (TPSA) is 0 Å². The van der Waals surface area contributed by atoms with Crippen LogP contribution in [0.1, 0.15) is 33.6 Å². The van der Waals surface area contributed by atoms with Gasteiger partial charge in [-0.15, -0.1) is 0 Å². The summed E-state index contributed by atoms with van der Waals surface area (Å²) in [5.41, 5.74) is 2.09. The van der Waals surface area contributed by atoms with Gasteiger partial charge < -0.3 is 0 Å². The van der Waals surface area contributed by atoms with Crippen molar-refractivity contribution in [3.8, 4) is 0 Å². The number of rotatable bonds is 2. The normalized spacial score (nSPS) is 31.3. The number of allylic oxidation sites excluding steroid dienone is 8. The fourth-order valence-corrected chi connectivity index (χ4v) is 3.93. The van der Waals surface area contributed by atoms with Crippen LogP contribution in [0.3, 0.4) is 0 Å². The summed E-state index contributed by atoms with van der Waals surface area (Å²) in [7, 11) is 0. The molecule has 1 fully saturated rings. The Bertz CT molecular complexity index is 450. The highest BCUT2D eigenvalue weighted by molar-refractivity contribution is 14.1. The summed E-state index contributed by atoms with van der Waals surface area (Å²) < 4.78 is 2.83. The Labute approximate surface area is 138 Å². The van der Waals surface area contributed by atoms with E-state index in [1.807, 2.05) is 0 Å². The van der Waals surface area contributed by atoms with E-state index in [1.165, 1.54) is 20.0 Å². The van der Waals surface area contributed by atoms with Crippen LogP contribution >= 0.6 is 45.2 Å². The van der Waals surface area contributed by atoms with Gasteiger partial charge in [-0.05, 0) is 85.8 Å². The van der Waals surface area contributed by atoms with Gasteiger partial charge >= 0.3 is 0 Å². The Hall–Kier alpha value is 0.420. The van der Waals surface area contributed by atoms with Gasteiger partial charge in [0.1, 0.15) is 0 Å². The van der Waals surface area contributed by atoms with E-state index in [1.54, 1.807) is 5.57 Å². The molecule has 2 unspecified atom stereocenters. The van der Waals surface area contributed by atoms with Crippen LogP contribution in [0.15, 0.2) is 43.1 Å². The Morgan fingerprint density at radius 3 is 2.78 bits per heavy atom. The van der Waals surface area contributed by atoms with Gasteiger partial charge in [0, 0.05) is 3.58 Å². The molecule has 98 valence electrons. The molecule has 0 aliphatic heterocycles. The summed E-state index contributed by atoms with van der Waals surface area (Å²) in [5.74, 6) is 1.38. The molecule has 0 saturated heterocycles. The third-order valence-electron chi connectivity index (χ3n) is 4.14. The van der Waals surface area contributed by atoms with Crippen molar-refractivity contribution in [2.75, 3.05) is 0 Å². The van der Waals surface area contributed by atoms with Crippen molar-refractivity contribution in [3.05, 3.63) is 43.1 Å². The van der Waals surface area contributed by atoms with Crippen molar-refractivity contribution in [1.82, 2.24) is 0 Å². The Morgan fingerprint density at radius 2 is 2.11 bits per heavy atom. The van der Waals surface area contributed by atoms with Gasteiger partial charge in [-0.2, -0.15) is 0 Å². The van der Waals surface area contributed by atoms with Crippen LogP contribution in [-0.4, -0.2) is 0 Å². The molecule has 18 heavy (non-hydrogen) atoms. The van der Waals surface area contributed by atoms with E-state index in [0.29, 0.717) is 11.3 Å². The first-order valence-electron chi connectivity index (χ1n) is 6.50. The minimum Gasteiger partial charge on any atom is -0.0763 e. The third-order valence-corrected chi connectivity index (χ3v) is 5.92. The predicted octanol–water partition coefficient (Wildman–Crippen LogP) is 6.19. The van der Waals surface area contributed by atoms with Crippen molar-refractivity contribution in [3.63, 3.8) is 0 Å². The summed E-state index contributed by atoms with van der Waals surface area (Å²) in [5, 5.41) is 0. The molecule has 1 saturated carbocycles. The molecule has 2 aliphatic rings. The zero-order valence-corrected chi connectivity index (χ0v) is 15.5. The molecule has 0 amide bonds. The lowest BCUT2D eigenvalue weighted by Crippen LogP contribution is -2.19. The van der Waals surface area contributed by atoms with Gasteiger partial charge in [-0.25, -0.2) is 0 Å². The molecule has 2 heteroatoms. The fourth-order valence-electron chi connectivity index (χ4n) is 3.10. The molecule has 2 rings (SSSR count). The van der Waals surface area contributed by atoms with Crippen LogP contribution < -0.4 is 0 Å². The highest BCUT2D eigenvalue weighted by Crippen LogP contribution is 2.54. The molecular weight excluding hydrogens is 446 g/mol. The van der Waals surface area contributed by atoms with Crippen molar-refractivity contribution in [1.29, 1.82) is 0 Å². The molecule has 0 radical (unpaired) electrons. The summed E-state index contributed by atoms with van der Waals surface area (Å²) in [4.78, 5) is 0. The zero-order valence-electron chi connectivity index (χ0n) is 11.2. The summed E-state index contributed by atoms with van der Waals surface area (Å²) in [6.07, 6.45) is 14.0. The van der Waals surface area contributed by atoms with E-state index < -0.39 is 0 Å². The van der Waals surface area contributed by atoms with Crippen LogP contribution in [0.25, 0.3) is 0 Å². The lowest BCUT2D eigenvalue weighted by molar-refractivity contribution is 0.277. The largest absolute Gasteiger partial charge is 0.0763 e. The van der Waals surface area contributed by atoms with Gasteiger partial charge in [0.15, 0.2) is 0 Å². The van der Waals surface area contributed by atoms with Crippen LogP contribution in [0, 0.1) is 17.3 Å². The molecule has 0 aromatic carbocycles. The number of fused-ring (bicyclic) bond motifs is 1. The van der Waals surface area contributed by atoms with Crippen LogP contribution in [0.2, 0.25) is 0 Å². The lowest BCUT2D eigenvalue weighted by Gasteiger charge is -2.29. The van der Waals surface area contributed by atoms with Gasteiger partial charge in [0.2, 0.25) is 0 Å². The predicted molar refractivity (Wildman–Crippen MR) is 97.1 cm³/mol. The second kappa shape index (κ2) is 5.81. The SMILES string of the molecule is C/C=C(I)\C=C/C1CC(C)(C)C2CC(I)=CC=C12. The molecule has 0 aromatic rings. The molecule has 0 bridgehead atoms. The standard InChI is InChI=1S/C16H20I2/c1-4-12(17)6-5-11-10-16(2,3)15-9-13(18)7-8-14(11)15/h4-8,11,15H,9-10H2,1-3H3/b6-5-,12-4+. The first kappa shape index (κ1) is 14.8. The first-order valence-corrected chi connectivity index (χ1v) is 8.66. The van der Waals surface area contributed by atoms with Crippen molar-refractivity contribution < 1.29 is 0 Å². The van der Waals surface area contributed by atoms with Crippen molar-refractivity contribution in [2.24, 2.45) is 17.3 Å². The molecule has 0 spiro atoms. The monoisotopic (exact) mass is 466 g/mol. The highest BCUT2D eigenvalue weighted by Gasteiger charge is 2.43. The van der Waals surface area contributed by atoms with Gasteiger partial charge in [0.25, 0.3) is 0 Å². The van der Waals surface area contributed by atoms with Gasteiger partial charge in [0.05, 0.1) is 0 Å². The van der Waals surface area contributed by atoms with E-state index in [2.05, 4.69) is 96.3 Å². The quantitative estimate of drug-likeness (QED) is 0.336. The molecule has 2 aliphatic carbocycles. The number of hydrogen-bond donors (Lipinski definition) is 0. The maximum Gasteiger partial charge on any atom is 0.00842 e. The summed E-state index contributed by atoms with van der Waals surface area (Å²) in [6, 6.07) is 0. The average Bonchev–Trinajstić information content (AvgIpc) is 2.58. The zero-order chi connectivity index (χ0) is 13.3. The third kappa shape index (κ3) is 3.11.